The second kappa shape index (κ2) is 5.81. The largest absolute Gasteiger partial charge is 0.464 e. The van der Waals surface area contributed by atoms with Crippen LogP contribution in [-0.2, 0) is 16.4 Å². The molecule has 1 aromatic carbocycles. The van der Waals surface area contributed by atoms with E-state index in [0.717, 1.165) is 30.0 Å². The smallest absolute Gasteiger partial charge is 0.183 e. The molecule has 4 heterocycles. The van der Waals surface area contributed by atoms with Gasteiger partial charge in [0.2, 0.25) is 0 Å². The standard InChI is InChI=1S/C20H19NO3S2/c1-13-4-6-15(25-13)10-21-11-17-16-9-14(18-3-2-8-24-18)5-7-19(16)26(22,23)20(17)12-21/h2-9,17,20H,10-12H2,1H3/t17-,20-/m1/s1. The van der Waals surface area contributed by atoms with Gasteiger partial charge in [0.25, 0.3) is 0 Å². The SMILES string of the molecule is Cc1ccc(CN2C[C@@H]3c4cc(-c5ccco5)ccc4S(=O)(=O)[C@@H]3C2)s1. The summed E-state index contributed by atoms with van der Waals surface area (Å²) >= 11 is 1.79. The van der Waals surface area contributed by atoms with Crippen molar-refractivity contribution in [3.05, 3.63) is 64.0 Å². The van der Waals surface area contributed by atoms with Gasteiger partial charge in [-0.3, -0.25) is 4.90 Å². The highest BCUT2D eigenvalue weighted by molar-refractivity contribution is 7.92. The Morgan fingerprint density at radius 2 is 2.08 bits per heavy atom. The lowest BCUT2D eigenvalue weighted by molar-refractivity contribution is 0.328. The lowest BCUT2D eigenvalue weighted by Crippen LogP contribution is -2.25. The molecule has 0 amide bonds. The minimum absolute atomic E-state index is 0.0472. The first-order valence-electron chi connectivity index (χ1n) is 8.72. The van der Waals surface area contributed by atoms with Crippen LogP contribution < -0.4 is 0 Å². The van der Waals surface area contributed by atoms with Crippen molar-refractivity contribution in [3.8, 4) is 11.3 Å². The molecule has 4 nitrogen and oxygen atoms in total. The van der Waals surface area contributed by atoms with Crippen LogP contribution in [-0.4, -0.2) is 31.7 Å². The first-order chi connectivity index (χ1) is 12.5. The zero-order chi connectivity index (χ0) is 17.9. The van der Waals surface area contributed by atoms with E-state index < -0.39 is 9.84 Å². The van der Waals surface area contributed by atoms with Gasteiger partial charge >= 0.3 is 0 Å². The first-order valence-corrected chi connectivity index (χ1v) is 11.1. The molecule has 0 radical (unpaired) electrons. The summed E-state index contributed by atoms with van der Waals surface area (Å²) in [6, 6.07) is 13.6. The van der Waals surface area contributed by atoms with Crippen LogP contribution in [0.4, 0.5) is 0 Å². The van der Waals surface area contributed by atoms with E-state index in [4.69, 9.17) is 4.42 Å². The first kappa shape index (κ1) is 16.3. The number of thiophene rings is 1. The zero-order valence-electron chi connectivity index (χ0n) is 14.4. The van der Waals surface area contributed by atoms with E-state index in [1.54, 1.807) is 23.7 Å². The topological polar surface area (TPSA) is 50.5 Å². The molecule has 134 valence electrons. The molecule has 0 N–H and O–H groups in total. The normalized spacial score (nSPS) is 23.9. The van der Waals surface area contributed by atoms with Gasteiger partial charge in [-0.2, -0.15) is 0 Å². The number of likely N-dealkylation sites (tertiary alicyclic amines) is 1. The molecule has 1 saturated heterocycles. The highest BCUT2D eigenvalue weighted by Gasteiger charge is 2.50. The maximum Gasteiger partial charge on any atom is 0.183 e. The van der Waals surface area contributed by atoms with Crippen LogP contribution in [0.1, 0.15) is 21.2 Å². The molecule has 0 unspecified atom stereocenters. The molecule has 2 aliphatic heterocycles. The van der Waals surface area contributed by atoms with E-state index in [-0.39, 0.29) is 11.2 Å². The third kappa shape index (κ3) is 2.47. The number of nitrogens with zero attached hydrogens (tertiary/aromatic N) is 1. The molecule has 1 fully saturated rings. The number of aryl methyl sites for hydroxylation is 1. The fraction of sp³-hybridized carbons (Fsp3) is 0.300. The highest BCUT2D eigenvalue weighted by atomic mass is 32.2. The molecule has 0 spiro atoms. The Bertz CT molecular complexity index is 1070. The van der Waals surface area contributed by atoms with Crippen LogP contribution in [0.25, 0.3) is 11.3 Å². The number of fused-ring (bicyclic) bond motifs is 3. The summed E-state index contributed by atoms with van der Waals surface area (Å²) in [7, 11) is -3.26. The summed E-state index contributed by atoms with van der Waals surface area (Å²) in [6.07, 6.45) is 1.64. The Morgan fingerprint density at radius 1 is 1.19 bits per heavy atom. The fourth-order valence-corrected chi connectivity index (χ4v) is 7.37. The van der Waals surface area contributed by atoms with Crippen molar-refractivity contribution >= 4 is 21.2 Å². The van der Waals surface area contributed by atoms with Crippen molar-refractivity contribution < 1.29 is 12.8 Å². The van der Waals surface area contributed by atoms with Gasteiger partial charge in [0.1, 0.15) is 5.76 Å². The lowest BCUT2D eigenvalue weighted by Gasteiger charge is -2.16. The Hall–Kier alpha value is -1.89. The Balaban J connectivity index is 1.48. The van der Waals surface area contributed by atoms with Crippen LogP contribution in [0.15, 0.2) is 58.0 Å². The maximum absolute atomic E-state index is 13.0. The van der Waals surface area contributed by atoms with E-state index in [2.05, 4.69) is 24.0 Å². The van der Waals surface area contributed by atoms with Gasteiger partial charge < -0.3 is 4.42 Å². The number of furan rings is 1. The molecule has 26 heavy (non-hydrogen) atoms. The van der Waals surface area contributed by atoms with Crippen LogP contribution >= 0.6 is 11.3 Å². The third-order valence-electron chi connectivity index (χ3n) is 5.44. The van der Waals surface area contributed by atoms with E-state index in [9.17, 15) is 8.42 Å². The van der Waals surface area contributed by atoms with E-state index in [1.165, 1.54) is 9.75 Å². The number of benzene rings is 1. The Morgan fingerprint density at radius 3 is 2.81 bits per heavy atom. The molecular formula is C20H19NO3S2. The van der Waals surface area contributed by atoms with Crippen molar-refractivity contribution in [1.82, 2.24) is 4.90 Å². The maximum atomic E-state index is 13.0. The number of hydrogen-bond acceptors (Lipinski definition) is 5. The van der Waals surface area contributed by atoms with Gasteiger partial charge in [-0.1, -0.05) is 0 Å². The van der Waals surface area contributed by atoms with Gasteiger partial charge in [-0.05, 0) is 55.0 Å². The minimum Gasteiger partial charge on any atom is -0.464 e. The molecule has 0 saturated carbocycles. The van der Waals surface area contributed by atoms with Gasteiger partial charge in [0, 0.05) is 40.9 Å². The van der Waals surface area contributed by atoms with E-state index >= 15 is 0 Å². The molecule has 0 bridgehead atoms. The minimum atomic E-state index is -3.26. The van der Waals surface area contributed by atoms with Crippen LogP contribution in [0.3, 0.4) is 0 Å². The van der Waals surface area contributed by atoms with Crippen molar-refractivity contribution in [2.45, 2.75) is 29.5 Å². The lowest BCUT2D eigenvalue weighted by atomic mass is 9.96. The molecular weight excluding hydrogens is 366 g/mol. The Kier molecular flexibility index (Phi) is 3.64. The summed E-state index contributed by atoms with van der Waals surface area (Å²) in [6.45, 7) is 4.32. The van der Waals surface area contributed by atoms with Crippen molar-refractivity contribution in [1.29, 1.82) is 0 Å². The second-order valence-electron chi connectivity index (χ2n) is 7.13. The number of rotatable bonds is 3. The summed E-state index contributed by atoms with van der Waals surface area (Å²) in [4.78, 5) is 5.38. The highest BCUT2D eigenvalue weighted by Crippen LogP contribution is 2.46. The zero-order valence-corrected chi connectivity index (χ0v) is 16.0. The van der Waals surface area contributed by atoms with E-state index in [0.29, 0.717) is 11.4 Å². The van der Waals surface area contributed by atoms with Gasteiger partial charge in [0.05, 0.1) is 16.4 Å². The fourth-order valence-electron chi connectivity index (χ4n) is 4.24. The van der Waals surface area contributed by atoms with Gasteiger partial charge in [0.15, 0.2) is 9.84 Å². The number of sulfone groups is 1. The van der Waals surface area contributed by atoms with Crippen molar-refractivity contribution in [2.24, 2.45) is 0 Å². The molecule has 0 aliphatic carbocycles. The third-order valence-corrected chi connectivity index (χ3v) is 8.68. The monoisotopic (exact) mass is 385 g/mol. The van der Waals surface area contributed by atoms with Crippen molar-refractivity contribution in [3.63, 3.8) is 0 Å². The average Bonchev–Trinajstić information content (AvgIpc) is 3.37. The summed E-state index contributed by atoms with van der Waals surface area (Å²) < 4.78 is 31.5. The second-order valence-corrected chi connectivity index (χ2v) is 10.6. The molecule has 5 rings (SSSR count). The van der Waals surface area contributed by atoms with Crippen molar-refractivity contribution in [2.75, 3.05) is 13.1 Å². The summed E-state index contributed by atoms with van der Waals surface area (Å²) in [5.41, 5.74) is 1.89. The molecule has 3 aromatic rings. The quantitative estimate of drug-likeness (QED) is 0.682. The average molecular weight is 386 g/mol. The summed E-state index contributed by atoms with van der Waals surface area (Å²) in [5, 5.41) is -0.328. The molecule has 6 heteroatoms. The summed E-state index contributed by atoms with van der Waals surface area (Å²) in [5.74, 6) is 0.823. The molecule has 2 atom stereocenters. The predicted octanol–water partition coefficient (Wildman–Crippen LogP) is 4.07. The van der Waals surface area contributed by atoms with Gasteiger partial charge in [-0.25, -0.2) is 8.42 Å². The molecule has 2 aromatic heterocycles. The van der Waals surface area contributed by atoms with Crippen LogP contribution in [0, 0.1) is 6.92 Å². The van der Waals surface area contributed by atoms with Crippen LogP contribution in [0.5, 0.6) is 0 Å². The van der Waals surface area contributed by atoms with Gasteiger partial charge in [-0.15, -0.1) is 11.3 Å². The van der Waals surface area contributed by atoms with Crippen LogP contribution in [0.2, 0.25) is 0 Å². The molecule has 2 aliphatic rings. The number of hydrogen-bond donors (Lipinski definition) is 0. The predicted molar refractivity (Wildman–Crippen MR) is 102 cm³/mol. The van der Waals surface area contributed by atoms with E-state index in [1.807, 2.05) is 24.3 Å². The Labute approximate surface area is 157 Å².